The van der Waals surface area contributed by atoms with Crippen molar-refractivity contribution in [3.8, 4) is 5.75 Å². The lowest BCUT2D eigenvalue weighted by Gasteiger charge is -2.14. The van der Waals surface area contributed by atoms with Crippen LogP contribution in [0.15, 0.2) is 36.4 Å². The molecule has 2 aromatic rings. The molecule has 2 rings (SSSR count). The van der Waals surface area contributed by atoms with Crippen molar-refractivity contribution in [2.75, 3.05) is 12.4 Å². The first-order valence-corrected chi connectivity index (χ1v) is 7.90. The molecule has 2 aromatic carbocycles. The molecule has 0 fully saturated rings. The van der Waals surface area contributed by atoms with Gasteiger partial charge in [0.05, 0.1) is 23.7 Å². The minimum absolute atomic E-state index is 0.109. The van der Waals surface area contributed by atoms with E-state index in [0.717, 1.165) is 18.2 Å². The van der Waals surface area contributed by atoms with E-state index in [0.29, 0.717) is 0 Å². The van der Waals surface area contributed by atoms with Gasteiger partial charge in [-0.15, -0.1) is 0 Å². The van der Waals surface area contributed by atoms with E-state index in [1.165, 1.54) is 32.2 Å². The predicted octanol–water partition coefficient (Wildman–Crippen LogP) is 3.58. The molecule has 0 aliphatic heterocycles. The zero-order chi connectivity index (χ0) is 20.1. The van der Waals surface area contributed by atoms with Crippen molar-refractivity contribution in [2.24, 2.45) is 0 Å². The summed E-state index contributed by atoms with van der Waals surface area (Å²) in [5, 5.41) is 13.5. The molecule has 0 saturated heterocycles. The van der Waals surface area contributed by atoms with Crippen LogP contribution in [0, 0.1) is 15.9 Å². The smallest absolute Gasteiger partial charge is 0.341 e. The van der Waals surface area contributed by atoms with E-state index in [1.54, 1.807) is 0 Å². The van der Waals surface area contributed by atoms with E-state index >= 15 is 0 Å². The van der Waals surface area contributed by atoms with Gasteiger partial charge in [-0.25, -0.2) is 9.18 Å². The lowest BCUT2D eigenvalue weighted by Crippen LogP contribution is -2.30. The molecule has 1 unspecified atom stereocenters. The minimum atomic E-state index is -1.35. The molecule has 1 atom stereocenters. The largest absolute Gasteiger partial charge is 0.496 e. The number of methoxy groups -OCH3 is 1. The van der Waals surface area contributed by atoms with E-state index in [1.807, 2.05) is 0 Å². The van der Waals surface area contributed by atoms with Crippen molar-refractivity contribution in [1.82, 2.24) is 0 Å². The average Bonchev–Trinajstić information content (AvgIpc) is 2.63. The van der Waals surface area contributed by atoms with Gasteiger partial charge >= 0.3 is 5.97 Å². The molecule has 0 saturated carbocycles. The first-order chi connectivity index (χ1) is 12.7. The number of amides is 1. The van der Waals surface area contributed by atoms with Gasteiger partial charge in [0.25, 0.3) is 11.6 Å². The second-order valence-electron chi connectivity index (χ2n) is 5.30. The fourth-order valence-electron chi connectivity index (χ4n) is 2.06. The number of carbonyl (C=O) groups is 2. The quantitative estimate of drug-likeness (QED) is 0.454. The summed E-state index contributed by atoms with van der Waals surface area (Å²) in [4.78, 5) is 34.7. The van der Waals surface area contributed by atoms with Gasteiger partial charge in [0.1, 0.15) is 17.3 Å². The molecular formula is C17H14ClFN2O6. The van der Waals surface area contributed by atoms with Crippen LogP contribution < -0.4 is 10.1 Å². The molecule has 8 nitrogen and oxygen atoms in total. The Morgan fingerprint density at radius 2 is 1.96 bits per heavy atom. The first kappa shape index (κ1) is 20.1. The molecule has 10 heteroatoms. The maximum atomic E-state index is 13.7. The van der Waals surface area contributed by atoms with Crippen molar-refractivity contribution in [2.45, 2.75) is 13.0 Å². The molecule has 0 aromatic heterocycles. The van der Waals surface area contributed by atoms with E-state index < -0.39 is 40.0 Å². The molecule has 0 heterocycles. The van der Waals surface area contributed by atoms with Crippen LogP contribution in [0.4, 0.5) is 15.8 Å². The summed E-state index contributed by atoms with van der Waals surface area (Å²) >= 11 is 5.71. The number of nitrogens with zero attached hydrogens (tertiary/aromatic N) is 1. The van der Waals surface area contributed by atoms with Crippen LogP contribution in [-0.4, -0.2) is 30.0 Å². The Hall–Kier alpha value is -3.20. The third kappa shape index (κ3) is 4.91. The molecule has 27 heavy (non-hydrogen) atoms. The number of nitro benzene ring substituents is 1. The molecule has 0 radical (unpaired) electrons. The summed E-state index contributed by atoms with van der Waals surface area (Å²) in [6, 6.07) is 7.14. The SMILES string of the molecule is COc1ccc(NC(=O)C(C)OC(=O)c2cc(Cl)ccc2F)c([N+](=O)[O-])c1. The summed E-state index contributed by atoms with van der Waals surface area (Å²) < 4.78 is 23.5. The molecule has 142 valence electrons. The number of carbonyl (C=O) groups excluding carboxylic acids is 2. The number of rotatable bonds is 6. The van der Waals surface area contributed by atoms with Gasteiger partial charge < -0.3 is 14.8 Å². The Bertz CT molecular complexity index is 905. The number of anilines is 1. The van der Waals surface area contributed by atoms with Crippen molar-refractivity contribution in [3.63, 3.8) is 0 Å². The Morgan fingerprint density at radius 1 is 1.26 bits per heavy atom. The number of nitrogens with one attached hydrogen (secondary N) is 1. The summed E-state index contributed by atoms with van der Waals surface area (Å²) in [5.74, 6) is -2.56. The Morgan fingerprint density at radius 3 is 2.59 bits per heavy atom. The topological polar surface area (TPSA) is 108 Å². The van der Waals surface area contributed by atoms with Gasteiger partial charge in [-0.3, -0.25) is 14.9 Å². The fourth-order valence-corrected chi connectivity index (χ4v) is 2.23. The highest BCUT2D eigenvalue weighted by atomic mass is 35.5. The highest BCUT2D eigenvalue weighted by Gasteiger charge is 2.24. The zero-order valence-electron chi connectivity index (χ0n) is 14.2. The second-order valence-corrected chi connectivity index (χ2v) is 5.74. The minimum Gasteiger partial charge on any atom is -0.496 e. The highest BCUT2D eigenvalue weighted by molar-refractivity contribution is 6.30. The van der Waals surface area contributed by atoms with Crippen LogP contribution in [-0.2, 0) is 9.53 Å². The lowest BCUT2D eigenvalue weighted by molar-refractivity contribution is -0.384. The molecule has 0 bridgehead atoms. The third-order valence-electron chi connectivity index (χ3n) is 3.46. The van der Waals surface area contributed by atoms with Crippen molar-refractivity contribution >= 4 is 34.9 Å². The van der Waals surface area contributed by atoms with Gasteiger partial charge in [0, 0.05) is 5.02 Å². The van der Waals surface area contributed by atoms with Crippen LogP contribution in [0.1, 0.15) is 17.3 Å². The average molecular weight is 397 g/mol. The third-order valence-corrected chi connectivity index (χ3v) is 3.70. The summed E-state index contributed by atoms with van der Waals surface area (Å²) in [5.41, 5.74) is -0.942. The number of ether oxygens (including phenoxy) is 2. The van der Waals surface area contributed by atoms with E-state index in [4.69, 9.17) is 21.1 Å². The number of nitro groups is 1. The standard InChI is InChI=1S/C17H14ClFN2O6/c1-9(27-17(23)12-7-10(18)3-5-13(12)19)16(22)20-14-6-4-11(26-2)8-15(14)21(24)25/h3-9H,1-2H3,(H,20,22). The maximum Gasteiger partial charge on any atom is 0.341 e. The van der Waals surface area contributed by atoms with Crippen molar-refractivity contribution in [1.29, 1.82) is 0 Å². The normalized spacial score (nSPS) is 11.4. The Balaban J connectivity index is 2.13. The van der Waals surface area contributed by atoms with Gasteiger partial charge in [-0.05, 0) is 37.3 Å². The number of benzene rings is 2. The lowest BCUT2D eigenvalue weighted by atomic mass is 10.2. The van der Waals surface area contributed by atoms with Crippen LogP contribution in [0.2, 0.25) is 5.02 Å². The number of halogens is 2. The summed E-state index contributed by atoms with van der Waals surface area (Å²) in [6.45, 7) is 1.24. The number of esters is 1. The Labute approximate surface area is 158 Å². The zero-order valence-corrected chi connectivity index (χ0v) is 15.0. The van der Waals surface area contributed by atoms with E-state index in [-0.39, 0.29) is 16.5 Å². The van der Waals surface area contributed by atoms with Gasteiger partial charge in [-0.2, -0.15) is 0 Å². The fraction of sp³-hybridized carbons (Fsp3) is 0.176. The van der Waals surface area contributed by atoms with E-state index in [9.17, 15) is 24.1 Å². The first-order valence-electron chi connectivity index (χ1n) is 7.52. The number of hydrogen-bond donors (Lipinski definition) is 1. The molecule has 0 aliphatic rings. The van der Waals surface area contributed by atoms with E-state index in [2.05, 4.69) is 5.32 Å². The molecule has 1 N–H and O–H groups in total. The van der Waals surface area contributed by atoms with Crippen LogP contribution in [0.5, 0.6) is 5.75 Å². The van der Waals surface area contributed by atoms with Gasteiger partial charge in [0.15, 0.2) is 6.10 Å². The molecule has 0 spiro atoms. The molecule has 1 amide bonds. The van der Waals surface area contributed by atoms with Crippen LogP contribution in [0.25, 0.3) is 0 Å². The number of hydrogen-bond acceptors (Lipinski definition) is 6. The summed E-state index contributed by atoms with van der Waals surface area (Å²) in [7, 11) is 1.34. The van der Waals surface area contributed by atoms with Crippen molar-refractivity contribution in [3.05, 3.63) is 62.9 Å². The maximum absolute atomic E-state index is 13.7. The van der Waals surface area contributed by atoms with Crippen LogP contribution in [0.3, 0.4) is 0 Å². The molecular weight excluding hydrogens is 383 g/mol. The van der Waals surface area contributed by atoms with Crippen LogP contribution >= 0.6 is 11.6 Å². The second kappa shape index (κ2) is 8.45. The van der Waals surface area contributed by atoms with Crippen molar-refractivity contribution < 1.29 is 28.4 Å². The highest BCUT2D eigenvalue weighted by Crippen LogP contribution is 2.29. The molecule has 0 aliphatic carbocycles. The predicted molar refractivity (Wildman–Crippen MR) is 94.6 cm³/mol. The Kier molecular flexibility index (Phi) is 6.30. The van der Waals surface area contributed by atoms with Gasteiger partial charge in [0.2, 0.25) is 0 Å². The summed E-state index contributed by atoms with van der Waals surface area (Å²) in [6.07, 6.45) is -1.35. The van der Waals surface area contributed by atoms with Gasteiger partial charge in [-0.1, -0.05) is 11.6 Å². The monoisotopic (exact) mass is 396 g/mol.